The van der Waals surface area contributed by atoms with Crippen LogP contribution in [-0.4, -0.2) is 170 Å². The third-order valence-corrected chi connectivity index (χ3v) is 18.5. The Morgan fingerprint density at radius 2 is 1.34 bits per heavy atom. The molecule has 17 N–H and O–H groups in total. The van der Waals surface area contributed by atoms with E-state index in [1.807, 2.05) is 0 Å². The van der Waals surface area contributed by atoms with E-state index in [1.165, 1.54) is 27.1 Å². The highest BCUT2D eigenvalue weighted by molar-refractivity contribution is 7.66. The average Bonchev–Trinajstić information content (AvgIpc) is 4.24. The standard InChI is InChI=1S/C34H46N16O23P4/c1-47-10-50(27-18(47)29(56)46-34(38)44-27)30-19(52)11(3-15(35)51)12(69-30)4-67-75(59,60)72-77(63,64)73-76(61,62)68-6-14-23(22(65-2)32(71-14)48-8-41-16-24(36)39-7-40-25(16)48)74(57,58)66-5-13-20(53)21(54)31(70-13)49-9-42-17-26(49)43-33(37)45-28(17)55/h7-14,19-23,30-32,52-54H,3-6H2,1-2H3,(H13-,35,36,37,38,39,40,43,44,45,46,51,55,56,57,58,59,60,61,62,63,64)/p+1/t11?,12-,13-,14-,19-,20-,21-,22-,23-,30-,31-,32-/m1/s1. The van der Waals surface area contributed by atoms with Crippen molar-refractivity contribution in [2.45, 2.75) is 73.5 Å². The molecule has 9 rings (SSSR count). The first-order valence-electron chi connectivity index (χ1n) is 22.0. The fourth-order valence-corrected chi connectivity index (χ4v) is 14.3. The molecule has 3 aliphatic heterocycles. The second-order valence-electron chi connectivity index (χ2n) is 17.3. The normalized spacial score (nSPS) is 29.9. The lowest BCUT2D eigenvalue weighted by molar-refractivity contribution is -0.745. The first kappa shape index (κ1) is 56.1. The number of imidazole rings is 3. The Labute approximate surface area is 426 Å². The Morgan fingerprint density at radius 1 is 0.740 bits per heavy atom. The van der Waals surface area contributed by atoms with E-state index in [0.29, 0.717) is 0 Å². The number of aliphatic hydroxyl groups excluding tert-OH is 3. The number of nitrogen functional groups attached to an aromatic ring is 3. The fourth-order valence-electron chi connectivity index (χ4n) is 9.06. The molecule has 43 heteroatoms. The van der Waals surface area contributed by atoms with Gasteiger partial charge in [-0.05, 0) is 0 Å². The number of ether oxygens (including phenoxy) is 4. The van der Waals surface area contributed by atoms with Crippen LogP contribution in [0.3, 0.4) is 0 Å². The predicted octanol–water partition coefficient (Wildman–Crippen LogP) is -4.51. The number of amides is 1. The number of nitrogens with zero attached hydrogens (tertiary/aromatic N) is 10. The molecule has 16 atom stereocenters. The molecule has 6 aromatic heterocycles. The van der Waals surface area contributed by atoms with Crippen molar-refractivity contribution in [3.05, 3.63) is 46.0 Å². The molecule has 420 valence electrons. The van der Waals surface area contributed by atoms with Crippen LogP contribution >= 0.6 is 31.1 Å². The van der Waals surface area contributed by atoms with Crippen molar-refractivity contribution in [3.63, 3.8) is 0 Å². The topological polar surface area (TPSA) is 576 Å². The van der Waals surface area contributed by atoms with Crippen molar-refractivity contribution in [1.29, 1.82) is 0 Å². The average molecular weight is 1170 g/mol. The number of aryl methyl sites for hydroxylation is 1. The number of nitrogens with one attached hydrogen (secondary N) is 2. The van der Waals surface area contributed by atoms with Crippen molar-refractivity contribution in [2.24, 2.45) is 18.7 Å². The van der Waals surface area contributed by atoms with Crippen LogP contribution < -0.4 is 38.6 Å². The van der Waals surface area contributed by atoms with Gasteiger partial charge in [0.25, 0.3) is 17.1 Å². The zero-order valence-electron chi connectivity index (χ0n) is 39.3. The molecule has 0 saturated carbocycles. The molecule has 0 radical (unpaired) electrons. The number of phosphoric ester groups is 2. The molecule has 0 spiro atoms. The highest BCUT2D eigenvalue weighted by atomic mass is 31.3. The van der Waals surface area contributed by atoms with E-state index in [1.54, 1.807) is 0 Å². The van der Waals surface area contributed by atoms with Crippen LogP contribution in [0.25, 0.3) is 33.5 Å². The van der Waals surface area contributed by atoms with E-state index < -0.39 is 147 Å². The maximum absolute atomic E-state index is 14.4. The smallest absolute Gasteiger partial charge is 0.387 e. The molecule has 0 aromatic carbocycles. The summed E-state index contributed by atoms with van der Waals surface area (Å²) in [7, 11) is -21.0. The maximum Gasteiger partial charge on any atom is 0.490 e. The van der Waals surface area contributed by atoms with Gasteiger partial charge in [0.2, 0.25) is 23.6 Å². The lowest BCUT2D eigenvalue weighted by Crippen LogP contribution is -2.45. The van der Waals surface area contributed by atoms with Crippen LogP contribution in [0, 0.1) is 5.92 Å². The fraction of sp³-hybridized carbons (Fsp3) is 0.529. The summed E-state index contributed by atoms with van der Waals surface area (Å²) in [5.74, 6) is -3.03. The Balaban J connectivity index is 0.892. The van der Waals surface area contributed by atoms with E-state index in [2.05, 4.69) is 48.5 Å². The molecule has 3 aliphatic rings. The summed E-state index contributed by atoms with van der Waals surface area (Å²) in [6.07, 6.45) is -12.6. The number of phosphoric acid groups is 3. The number of rotatable bonds is 20. The number of carbonyl (C=O) groups is 1. The van der Waals surface area contributed by atoms with Crippen LogP contribution in [0.5, 0.6) is 0 Å². The van der Waals surface area contributed by atoms with Crippen molar-refractivity contribution in [2.75, 3.05) is 44.1 Å². The van der Waals surface area contributed by atoms with Crippen LogP contribution in [0.15, 0.2) is 34.9 Å². The van der Waals surface area contributed by atoms with Gasteiger partial charge in [0, 0.05) is 19.4 Å². The SMILES string of the molecule is CO[C@@H]1[C@H](P(=O)(O)OC[C@H]2O[C@@H](n3cnc4c(=O)[nH]c(N)nc43)[C@H](O)[C@@H]2O)[C@@H](COP(=O)(O)OP(=O)(O)OP(=O)(O)OC[C@H]2O[C@@H]([n+]3cn(C)c4c(=O)[nH]c(N)nc43)[C@H](O)C2CC(N)=O)O[C@H]1n1cnc2c(N)ncnc21. The van der Waals surface area contributed by atoms with Gasteiger partial charge in [-0.2, -0.15) is 13.6 Å². The highest BCUT2D eigenvalue weighted by Gasteiger charge is 2.58. The van der Waals surface area contributed by atoms with E-state index in [-0.39, 0.29) is 51.2 Å². The van der Waals surface area contributed by atoms with Gasteiger partial charge in [-0.1, -0.05) is 4.98 Å². The van der Waals surface area contributed by atoms with Gasteiger partial charge in [0.15, 0.2) is 41.4 Å². The Kier molecular flexibility index (Phi) is 15.2. The van der Waals surface area contributed by atoms with Gasteiger partial charge >= 0.3 is 36.7 Å². The predicted molar refractivity (Wildman–Crippen MR) is 249 cm³/mol. The van der Waals surface area contributed by atoms with Crippen molar-refractivity contribution in [1.82, 2.24) is 53.6 Å². The summed E-state index contributed by atoms with van der Waals surface area (Å²) in [6, 6.07) is 0. The highest BCUT2D eigenvalue weighted by Crippen LogP contribution is 2.68. The van der Waals surface area contributed by atoms with E-state index in [0.717, 1.165) is 30.7 Å². The number of nitrogens with two attached hydrogens (primary N) is 4. The van der Waals surface area contributed by atoms with E-state index >= 15 is 0 Å². The zero-order valence-corrected chi connectivity index (χ0v) is 42.9. The molecule has 1 amide bonds. The van der Waals surface area contributed by atoms with Crippen LogP contribution in [0.2, 0.25) is 0 Å². The molecule has 0 bridgehead atoms. The first-order valence-corrected chi connectivity index (χ1v) is 28.1. The summed E-state index contributed by atoms with van der Waals surface area (Å²) in [4.78, 5) is 109. The minimum atomic E-state index is -6.25. The third kappa shape index (κ3) is 11.1. The first-order chi connectivity index (χ1) is 36.1. The number of H-pyrrole nitrogens is 2. The monoisotopic (exact) mass is 1170 g/mol. The lowest BCUT2D eigenvalue weighted by Gasteiger charge is -2.28. The molecule has 5 unspecified atom stereocenters. The van der Waals surface area contributed by atoms with Gasteiger partial charge in [0.05, 0.1) is 45.6 Å². The van der Waals surface area contributed by atoms with E-state index in [4.69, 9.17) is 55.5 Å². The molecule has 3 saturated heterocycles. The summed E-state index contributed by atoms with van der Waals surface area (Å²) in [6.45, 7) is -3.39. The largest absolute Gasteiger partial charge is 0.490 e. The van der Waals surface area contributed by atoms with Crippen molar-refractivity contribution in [3.8, 4) is 0 Å². The number of primary amides is 1. The number of carbonyl (C=O) groups excluding carboxylic acids is 1. The van der Waals surface area contributed by atoms with Gasteiger partial charge in [-0.15, -0.1) is 0 Å². The van der Waals surface area contributed by atoms with Gasteiger partial charge in [0.1, 0.15) is 54.1 Å². The minimum absolute atomic E-state index is 0.0141. The van der Waals surface area contributed by atoms with Gasteiger partial charge < -0.3 is 81.3 Å². The molecule has 6 aromatic rings. The molecule has 77 heavy (non-hydrogen) atoms. The Hall–Kier alpha value is -5.60. The summed E-state index contributed by atoms with van der Waals surface area (Å²) in [5, 5.41) is 33.2. The number of fused-ring (bicyclic) bond motifs is 3. The quantitative estimate of drug-likeness (QED) is 0.0253. The third-order valence-electron chi connectivity index (χ3n) is 12.3. The van der Waals surface area contributed by atoms with Crippen LogP contribution in [0.1, 0.15) is 25.1 Å². The number of anilines is 3. The second kappa shape index (κ2) is 20.9. The molecule has 3 fully saturated rings. The van der Waals surface area contributed by atoms with Crippen LogP contribution in [-0.2, 0) is 71.2 Å². The number of aliphatic hydroxyl groups is 3. The molecular formula is C34H47N16O23P4+. The van der Waals surface area contributed by atoms with Crippen molar-refractivity contribution < 1.29 is 104 Å². The maximum atomic E-state index is 14.4. The second-order valence-corrected chi connectivity index (χ2v) is 23.9. The molecular weight excluding hydrogens is 1120 g/mol. The van der Waals surface area contributed by atoms with Gasteiger partial charge in [-0.3, -0.25) is 51.7 Å². The number of methoxy groups -OCH3 is 1. The number of hydrogen-bond donors (Lipinski definition) is 13. The Bertz CT molecular complexity index is 3580. The zero-order chi connectivity index (χ0) is 55.8. The summed E-state index contributed by atoms with van der Waals surface area (Å²) < 4.78 is 106. The Morgan fingerprint density at radius 3 is 2.00 bits per heavy atom. The summed E-state index contributed by atoms with van der Waals surface area (Å²) >= 11 is 0. The van der Waals surface area contributed by atoms with Crippen LogP contribution in [0.4, 0.5) is 17.7 Å². The summed E-state index contributed by atoms with van der Waals surface area (Å²) in [5.41, 5.74) is 18.8. The molecule has 9 heterocycles. The van der Waals surface area contributed by atoms with Gasteiger partial charge in [-0.25, -0.2) is 38.2 Å². The lowest BCUT2D eigenvalue weighted by atomic mass is 9.94. The number of aromatic nitrogens is 12. The van der Waals surface area contributed by atoms with E-state index in [9.17, 15) is 67.5 Å². The molecule has 0 aliphatic carbocycles. The molecule has 39 nitrogen and oxygen atoms in total. The number of aromatic amines is 2. The number of hydrogen-bond acceptors (Lipinski definition) is 28. The van der Waals surface area contributed by atoms with Crippen molar-refractivity contribution >= 4 is 88.2 Å². The minimum Gasteiger partial charge on any atom is -0.387 e.